The predicted molar refractivity (Wildman–Crippen MR) is 67.1 cm³/mol. The lowest BCUT2D eigenvalue weighted by atomic mass is 9.94. The van der Waals surface area contributed by atoms with E-state index in [9.17, 15) is 0 Å². The van der Waals surface area contributed by atoms with Crippen molar-refractivity contribution in [2.24, 2.45) is 5.73 Å². The molecule has 0 atom stereocenters. The van der Waals surface area contributed by atoms with Crippen molar-refractivity contribution >= 4 is 5.95 Å². The zero-order valence-corrected chi connectivity index (χ0v) is 10.8. The normalized spacial score (nSPS) is 18.2. The summed E-state index contributed by atoms with van der Waals surface area (Å²) in [4.78, 5) is 6.70. The first-order valence-electron chi connectivity index (χ1n) is 6.43. The number of hydrogen-bond acceptors (Lipinski definition) is 5. The minimum atomic E-state index is -0.239. The van der Waals surface area contributed by atoms with Gasteiger partial charge in [0.2, 0.25) is 5.89 Å². The van der Waals surface area contributed by atoms with Gasteiger partial charge < -0.3 is 15.2 Å². The van der Waals surface area contributed by atoms with Crippen molar-refractivity contribution in [3.63, 3.8) is 0 Å². The van der Waals surface area contributed by atoms with Gasteiger partial charge in [-0.15, -0.1) is 0 Å². The maximum Gasteiger partial charge on any atom is 0.266 e. The Balaban J connectivity index is 2.11. The van der Waals surface area contributed by atoms with Gasteiger partial charge in [0.15, 0.2) is 0 Å². The van der Waals surface area contributed by atoms with Crippen LogP contribution in [0.2, 0.25) is 0 Å². The van der Waals surface area contributed by atoms with Crippen LogP contribution in [-0.4, -0.2) is 29.8 Å². The molecule has 1 aromatic heterocycles. The SMILES string of the molecule is CC(C)(CN)c1nc(N2CCCCCC2)no1. The molecule has 0 radical (unpaired) electrons. The number of aromatic nitrogens is 2. The molecule has 0 amide bonds. The Kier molecular flexibility index (Phi) is 3.66. The highest BCUT2D eigenvalue weighted by atomic mass is 16.5. The van der Waals surface area contributed by atoms with Crippen molar-refractivity contribution < 1.29 is 4.52 Å². The molecule has 96 valence electrons. The molecule has 1 fully saturated rings. The van der Waals surface area contributed by atoms with Gasteiger partial charge in [0, 0.05) is 19.6 Å². The van der Waals surface area contributed by atoms with Gasteiger partial charge in [-0.05, 0) is 31.8 Å². The third-order valence-electron chi connectivity index (χ3n) is 3.39. The zero-order chi connectivity index (χ0) is 12.3. The van der Waals surface area contributed by atoms with Crippen LogP contribution in [0.4, 0.5) is 5.95 Å². The summed E-state index contributed by atoms with van der Waals surface area (Å²) >= 11 is 0. The van der Waals surface area contributed by atoms with E-state index in [0.717, 1.165) is 19.0 Å². The van der Waals surface area contributed by atoms with Crippen LogP contribution in [0, 0.1) is 0 Å². The molecule has 0 aromatic carbocycles. The number of nitrogens with two attached hydrogens (primary N) is 1. The Morgan fingerprint density at radius 2 is 1.88 bits per heavy atom. The molecule has 0 spiro atoms. The van der Waals surface area contributed by atoms with E-state index < -0.39 is 0 Å². The second-order valence-corrected chi connectivity index (χ2v) is 5.39. The molecule has 0 unspecified atom stereocenters. The molecule has 2 rings (SSSR count). The molecule has 1 aromatic rings. The second-order valence-electron chi connectivity index (χ2n) is 5.39. The summed E-state index contributed by atoms with van der Waals surface area (Å²) < 4.78 is 5.33. The van der Waals surface area contributed by atoms with E-state index in [1.807, 2.05) is 13.8 Å². The molecule has 17 heavy (non-hydrogen) atoms. The van der Waals surface area contributed by atoms with Crippen LogP contribution in [0.1, 0.15) is 45.4 Å². The standard InChI is InChI=1S/C12H22N4O/c1-12(2,9-13)10-14-11(15-17-10)16-7-5-3-4-6-8-16/h3-9,13H2,1-2H3. The van der Waals surface area contributed by atoms with Crippen LogP contribution in [0.15, 0.2) is 4.52 Å². The van der Waals surface area contributed by atoms with E-state index >= 15 is 0 Å². The fourth-order valence-corrected chi connectivity index (χ4v) is 1.98. The first-order chi connectivity index (χ1) is 8.13. The highest BCUT2D eigenvalue weighted by molar-refractivity contribution is 5.28. The van der Waals surface area contributed by atoms with Crippen molar-refractivity contribution in [2.45, 2.75) is 44.9 Å². The summed E-state index contributed by atoms with van der Waals surface area (Å²) in [5.74, 6) is 1.36. The largest absolute Gasteiger partial charge is 0.338 e. The van der Waals surface area contributed by atoms with Gasteiger partial charge >= 0.3 is 0 Å². The number of hydrogen-bond donors (Lipinski definition) is 1. The van der Waals surface area contributed by atoms with Gasteiger partial charge in [0.1, 0.15) is 0 Å². The van der Waals surface area contributed by atoms with Gasteiger partial charge in [0.25, 0.3) is 5.95 Å². The third-order valence-corrected chi connectivity index (χ3v) is 3.39. The lowest BCUT2D eigenvalue weighted by Crippen LogP contribution is -2.29. The molecular formula is C12H22N4O. The monoisotopic (exact) mass is 238 g/mol. The fraction of sp³-hybridized carbons (Fsp3) is 0.833. The molecule has 2 N–H and O–H groups in total. The molecule has 2 heterocycles. The van der Waals surface area contributed by atoms with Crippen molar-refractivity contribution in [1.82, 2.24) is 10.1 Å². The lowest BCUT2D eigenvalue weighted by molar-refractivity contribution is 0.311. The lowest BCUT2D eigenvalue weighted by Gasteiger charge is -2.18. The molecule has 0 saturated carbocycles. The van der Waals surface area contributed by atoms with Crippen molar-refractivity contribution in [1.29, 1.82) is 0 Å². The highest BCUT2D eigenvalue weighted by Crippen LogP contribution is 2.23. The van der Waals surface area contributed by atoms with Crippen LogP contribution < -0.4 is 10.6 Å². The fourth-order valence-electron chi connectivity index (χ4n) is 1.98. The van der Waals surface area contributed by atoms with Crippen LogP contribution in [0.5, 0.6) is 0 Å². The quantitative estimate of drug-likeness (QED) is 0.867. The van der Waals surface area contributed by atoms with E-state index in [1.54, 1.807) is 0 Å². The van der Waals surface area contributed by atoms with Crippen LogP contribution in [0.25, 0.3) is 0 Å². The minimum Gasteiger partial charge on any atom is -0.338 e. The topological polar surface area (TPSA) is 68.2 Å². The van der Waals surface area contributed by atoms with Gasteiger partial charge in [-0.3, -0.25) is 0 Å². The van der Waals surface area contributed by atoms with E-state index in [4.69, 9.17) is 10.3 Å². The van der Waals surface area contributed by atoms with Gasteiger partial charge in [-0.2, -0.15) is 4.98 Å². The van der Waals surface area contributed by atoms with E-state index in [1.165, 1.54) is 25.7 Å². The average Bonchev–Trinajstić information content (AvgIpc) is 2.67. The summed E-state index contributed by atoms with van der Waals surface area (Å²) in [6.07, 6.45) is 5.03. The first kappa shape index (κ1) is 12.4. The van der Waals surface area contributed by atoms with Gasteiger partial charge in [0.05, 0.1) is 5.41 Å². The van der Waals surface area contributed by atoms with E-state index in [2.05, 4.69) is 15.0 Å². The average molecular weight is 238 g/mol. The number of anilines is 1. The van der Waals surface area contributed by atoms with E-state index in [0.29, 0.717) is 12.4 Å². The van der Waals surface area contributed by atoms with Crippen molar-refractivity contribution in [3.8, 4) is 0 Å². The Morgan fingerprint density at radius 3 is 2.47 bits per heavy atom. The molecule has 1 aliphatic heterocycles. The molecule has 0 aliphatic carbocycles. The van der Waals surface area contributed by atoms with E-state index in [-0.39, 0.29) is 5.41 Å². The van der Waals surface area contributed by atoms with Crippen LogP contribution in [-0.2, 0) is 5.41 Å². The number of nitrogens with zero attached hydrogens (tertiary/aromatic N) is 3. The summed E-state index contributed by atoms with van der Waals surface area (Å²) in [6.45, 7) is 6.61. The predicted octanol–water partition coefficient (Wildman–Crippen LogP) is 1.69. The molecule has 0 bridgehead atoms. The molecular weight excluding hydrogens is 216 g/mol. The number of rotatable bonds is 3. The minimum absolute atomic E-state index is 0.239. The maximum atomic E-state index is 5.71. The Morgan fingerprint density at radius 1 is 1.24 bits per heavy atom. The van der Waals surface area contributed by atoms with Crippen molar-refractivity contribution in [2.75, 3.05) is 24.5 Å². The van der Waals surface area contributed by atoms with Gasteiger partial charge in [-0.1, -0.05) is 12.8 Å². The van der Waals surface area contributed by atoms with Crippen molar-refractivity contribution in [3.05, 3.63) is 5.89 Å². The molecule has 1 saturated heterocycles. The summed E-state index contributed by atoms with van der Waals surface area (Å²) in [5, 5.41) is 4.08. The summed E-state index contributed by atoms with van der Waals surface area (Å²) in [5.41, 5.74) is 5.47. The molecule has 1 aliphatic rings. The molecule has 5 heteroatoms. The second kappa shape index (κ2) is 5.04. The smallest absolute Gasteiger partial charge is 0.266 e. The Bertz CT molecular complexity index is 353. The first-order valence-corrected chi connectivity index (χ1v) is 6.43. The van der Waals surface area contributed by atoms with Crippen LogP contribution >= 0.6 is 0 Å². The summed E-state index contributed by atoms with van der Waals surface area (Å²) in [7, 11) is 0. The zero-order valence-electron chi connectivity index (χ0n) is 10.8. The Hall–Kier alpha value is -1.10. The van der Waals surface area contributed by atoms with Gasteiger partial charge in [-0.25, -0.2) is 0 Å². The maximum absolute atomic E-state index is 5.71. The highest BCUT2D eigenvalue weighted by Gasteiger charge is 2.27. The molecule has 5 nitrogen and oxygen atoms in total. The summed E-state index contributed by atoms with van der Waals surface area (Å²) in [6, 6.07) is 0. The third kappa shape index (κ3) is 2.77. The van der Waals surface area contributed by atoms with Crippen LogP contribution in [0.3, 0.4) is 0 Å². The Labute approximate surface area is 102 Å².